The molecule has 0 bridgehead atoms. The Morgan fingerprint density at radius 1 is 1.32 bits per heavy atom. The molecule has 0 amide bonds. The van der Waals surface area contributed by atoms with Crippen LogP contribution >= 0.6 is 0 Å². The van der Waals surface area contributed by atoms with Crippen LogP contribution in [0, 0.1) is 6.92 Å². The molecular weight excluding hydrogens is 240 g/mol. The highest BCUT2D eigenvalue weighted by Gasteiger charge is 2.42. The summed E-state index contributed by atoms with van der Waals surface area (Å²) in [5.41, 5.74) is 1.60. The number of carbonyl (C=O) groups is 1. The first-order valence-electron chi connectivity index (χ1n) is 6.74. The Morgan fingerprint density at radius 2 is 1.95 bits per heavy atom. The summed E-state index contributed by atoms with van der Waals surface area (Å²) in [5, 5.41) is 11.2. The van der Waals surface area contributed by atoms with Crippen molar-refractivity contribution < 1.29 is 14.6 Å². The molecule has 1 heterocycles. The molecule has 0 spiro atoms. The van der Waals surface area contributed by atoms with Gasteiger partial charge >= 0.3 is 0 Å². The Bertz CT molecular complexity index is 461. The molecule has 0 aromatic heterocycles. The van der Waals surface area contributed by atoms with Gasteiger partial charge in [0.2, 0.25) is 0 Å². The van der Waals surface area contributed by atoms with Crippen LogP contribution in [0.4, 0.5) is 0 Å². The van der Waals surface area contributed by atoms with Crippen LogP contribution in [0.3, 0.4) is 0 Å². The van der Waals surface area contributed by atoms with Crippen LogP contribution in [0.5, 0.6) is 0 Å². The lowest BCUT2D eigenvalue weighted by molar-refractivity contribution is -0.308. The molecule has 1 aliphatic heterocycles. The predicted molar refractivity (Wildman–Crippen MR) is 71.7 cm³/mol. The molecule has 1 fully saturated rings. The fourth-order valence-corrected chi connectivity index (χ4v) is 3.16. The molecule has 2 rings (SSSR count). The molecule has 0 aliphatic carbocycles. The van der Waals surface area contributed by atoms with Crippen molar-refractivity contribution in [2.45, 2.75) is 51.0 Å². The monoisotopic (exact) mass is 261 g/mol. The lowest BCUT2D eigenvalue weighted by Gasteiger charge is -2.45. The van der Waals surface area contributed by atoms with Crippen molar-refractivity contribution in [2.75, 3.05) is 6.61 Å². The van der Waals surface area contributed by atoms with Crippen molar-refractivity contribution in [3.05, 3.63) is 35.4 Å². The fraction of sp³-hybridized carbons (Fsp3) is 0.562. The third-order valence-corrected chi connectivity index (χ3v) is 3.98. The number of rotatable bonds is 3. The lowest BCUT2D eigenvalue weighted by Crippen LogP contribution is -2.47. The van der Waals surface area contributed by atoms with Gasteiger partial charge in [0, 0.05) is 18.0 Å². The maximum absolute atomic E-state index is 11.2. The molecule has 0 saturated carbocycles. The lowest BCUT2D eigenvalue weighted by atomic mass is 9.67. The van der Waals surface area contributed by atoms with E-state index in [1.165, 1.54) is 5.56 Å². The van der Waals surface area contributed by atoms with Gasteiger partial charge in [-0.25, -0.2) is 0 Å². The zero-order chi connectivity index (χ0) is 14.1. The quantitative estimate of drug-likeness (QED) is 0.835. The Hall–Kier alpha value is -1.35. The van der Waals surface area contributed by atoms with Gasteiger partial charge in [-0.05, 0) is 45.6 Å². The standard InChI is InChI=1S/C16H22O3/c1-12-4-6-13(7-5-12)16(10-14(17)18)8-9-19-15(2,3)11-16/h4-7H,8-11H2,1-3H3,(H,17,18)/p-1. The molecule has 1 atom stereocenters. The molecule has 19 heavy (non-hydrogen) atoms. The number of carboxylic acid groups (broad SMARTS) is 1. The SMILES string of the molecule is Cc1ccc(C2(CC(=O)[O-])CCOC(C)(C)C2)cc1. The van der Waals surface area contributed by atoms with Gasteiger partial charge in [-0.15, -0.1) is 0 Å². The highest BCUT2D eigenvalue weighted by Crippen LogP contribution is 2.43. The maximum atomic E-state index is 11.2. The molecule has 1 saturated heterocycles. The van der Waals surface area contributed by atoms with Crippen molar-refractivity contribution in [3.63, 3.8) is 0 Å². The van der Waals surface area contributed by atoms with Gasteiger partial charge < -0.3 is 14.6 Å². The first-order valence-corrected chi connectivity index (χ1v) is 6.74. The largest absolute Gasteiger partial charge is 0.550 e. The normalized spacial score (nSPS) is 26.1. The van der Waals surface area contributed by atoms with Crippen LogP contribution in [0.1, 0.15) is 44.2 Å². The average molecular weight is 261 g/mol. The van der Waals surface area contributed by atoms with E-state index in [0.717, 1.165) is 12.0 Å². The zero-order valence-electron chi connectivity index (χ0n) is 11.9. The van der Waals surface area contributed by atoms with Crippen LogP contribution in [-0.4, -0.2) is 18.2 Å². The summed E-state index contributed by atoms with van der Waals surface area (Å²) in [5.74, 6) is -0.988. The van der Waals surface area contributed by atoms with Crippen LogP contribution in [-0.2, 0) is 14.9 Å². The summed E-state index contributed by atoms with van der Waals surface area (Å²) in [4.78, 5) is 11.2. The van der Waals surface area contributed by atoms with E-state index in [1.807, 2.05) is 45.0 Å². The number of ether oxygens (including phenoxy) is 1. The van der Waals surface area contributed by atoms with E-state index in [0.29, 0.717) is 13.0 Å². The molecule has 3 heteroatoms. The molecule has 3 nitrogen and oxygen atoms in total. The number of hydrogen-bond acceptors (Lipinski definition) is 3. The Morgan fingerprint density at radius 3 is 2.47 bits per heavy atom. The molecule has 1 unspecified atom stereocenters. The fourth-order valence-electron chi connectivity index (χ4n) is 3.16. The number of hydrogen-bond donors (Lipinski definition) is 0. The Labute approximate surface area is 114 Å². The summed E-state index contributed by atoms with van der Waals surface area (Å²) in [6.07, 6.45) is 1.49. The molecule has 0 N–H and O–H groups in total. The summed E-state index contributed by atoms with van der Waals surface area (Å²) in [6.45, 7) is 6.66. The number of aliphatic carboxylic acids is 1. The minimum absolute atomic E-state index is 0.0584. The number of carboxylic acids is 1. The average Bonchev–Trinajstić information content (AvgIpc) is 2.27. The highest BCUT2D eigenvalue weighted by molar-refractivity contribution is 5.67. The summed E-state index contributed by atoms with van der Waals surface area (Å²) < 4.78 is 5.73. The zero-order valence-corrected chi connectivity index (χ0v) is 11.9. The van der Waals surface area contributed by atoms with Crippen molar-refractivity contribution in [2.24, 2.45) is 0 Å². The number of carbonyl (C=O) groups excluding carboxylic acids is 1. The first-order chi connectivity index (χ1) is 8.83. The van der Waals surface area contributed by atoms with Crippen molar-refractivity contribution in [1.29, 1.82) is 0 Å². The van der Waals surface area contributed by atoms with Gasteiger partial charge in [-0.3, -0.25) is 0 Å². The van der Waals surface area contributed by atoms with E-state index < -0.39 is 5.97 Å². The minimum Gasteiger partial charge on any atom is -0.550 e. The summed E-state index contributed by atoms with van der Waals surface area (Å²) in [6, 6.07) is 8.16. The minimum atomic E-state index is -0.988. The predicted octanol–water partition coefficient (Wildman–Crippen LogP) is 1.96. The van der Waals surface area contributed by atoms with Crippen LogP contribution < -0.4 is 5.11 Å². The Balaban J connectivity index is 2.39. The molecule has 1 aromatic carbocycles. The third-order valence-electron chi connectivity index (χ3n) is 3.98. The highest BCUT2D eigenvalue weighted by atomic mass is 16.5. The summed E-state index contributed by atoms with van der Waals surface area (Å²) >= 11 is 0. The molecule has 0 radical (unpaired) electrons. The van der Waals surface area contributed by atoms with Crippen LogP contribution in [0.2, 0.25) is 0 Å². The van der Waals surface area contributed by atoms with Gasteiger partial charge in [-0.1, -0.05) is 29.8 Å². The van der Waals surface area contributed by atoms with E-state index in [9.17, 15) is 9.90 Å². The second-order valence-electron chi connectivity index (χ2n) is 6.23. The van der Waals surface area contributed by atoms with Gasteiger partial charge in [0.05, 0.1) is 5.60 Å². The molecular formula is C16H21O3-. The van der Waals surface area contributed by atoms with E-state index in [-0.39, 0.29) is 17.4 Å². The van der Waals surface area contributed by atoms with Gasteiger partial charge in [0.25, 0.3) is 0 Å². The van der Waals surface area contributed by atoms with Gasteiger partial charge in [0.15, 0.2) is 0 Å². The molecule has 1 aromatic rings. The van der Waals surface area contributed by atoms with Crippen molar-refractivity contribution in [1.82, 2.24) is 0 Å². The number of benzene rings is 1. The second kappa shape index (κ2) is 4.97. The first kappa shape index (κ1) is 14.1. The van der Waals surface area contributed by atoms with Crippen LogP contribution in [0.25, 0.3) is 0 Å². The van der Waals surface area contributed by atoms with Crippen molar-refractivity contribution in [3.8, 4) is 0 Å². The topological polar surface area (TPSA) is 49.4 Å². The van der Waals surface area contributed by atoms with Crippen LogP contribution in [0.15, 0.2) is 24.3 Å². The number of aryl methyl sites for hydroxylation is 1. The second-order valence-corrected chi connectivity index (χ2v) is 6.23. The van der Waals surface area contributed by atoms with Gasteiger partial charge in [0.1, 0.15) is 0 Å². The maximum Gasteiger partial charge on any atom is 0.0635 e. The Kier molecular flexibility index (Phi) is 3.68. The van der Waals surface area contributed by atoms with E-state index >= 15 is 0 Å². The molecule has 1 aliphatic rings. The van der Waals surface area contributed by atoms with E-state index in [4.69, 9.17) is 4.74 Å². The van der Waals surface area contributed by atoms with E-state index in [2.05, 4.69) is 0 Å². The van der Waals surface area contributed by atoms with E-state index in [1.54, 1.807) is 0 Å². The smallest absolute Gasteiger partial charge is 0.0635 e. The van der Waals surface area contributed by atoms with Crippen molar-refractivity contribution >= 4 is 5.97 Å². The third kappa shape index (κ3) is 3.16. The summed E-state index contributed by atoms with van der Waals surface area (Å²) in [7, 11) is 0. The van der Waals surface area contributed by atoms with Gasteiger partial charge in [-0.2, -0.15) is 0 Å². The molecule has 104 valence electrons.